The summed E-state index contributed by atoms with van der Waals surface area (Å²) in [5, 5.41) is 14.3. The van der Waals surface area contributed by atoms with Crippen LogP contribution in [0, 0.1) is 17.0 Å². The Hall–Kier alpha value is -2.89. The molecule has 0 unspecified atom stereocenters. The van der Waals surface area contributed by atoms with Crippen LogP contribution in [-0.4, -0.2) is 21.4 Å². The summed E-state index contributed by atoms with van der Waals surface area (Å²) < 4.78 is 0. The first kappa shape index (κ1) is 15.0. The minimum absolute atomic E-state index is 0.119. The predicted molar refractivity (Wildman–Crippen MR) is 90.7 cm³/mol. The van der Waals surface area contributed by atoms with Gasteiger partial charge >= 0.3 is 0 Å². The number of fused-ring (bicyclic) bond motifs is 1. The monoisotopic (exact) mass is 310 g/mol. The zero-order chi connectivity index (χ0) is 16.2. The summed E-state index contributed by atoms with van der Waals surface area (Å²) in [7, 11) is 0. The van der Waals surface area contributed by atoms with Crippen molar-refractivity contribution in [1.82, 2.24) is 9.97 Å². The van der Waals surface area contributed by atoms with Gasteiger partial charge in [0.05, 0.1) is 16.0 Å². The molecule has 0 aliphatic rings. The number of nitro groups is 1. The van der Waals surface area contributed by atoms with Crippen LogP contribution in [0.3, 0.4) is 0 Å². The van der Waals surface area contributed by atoms with Crippen LogP contribution >= 0.6 is 0 Å². The largest absolute Gasteiger partial charge is 0.379 e. The molecule has 2 aromatic carbocycles. The van der Waals surface area contributed by atoms with Gasteiger partial charge in [0.2, 0.25) is 0 Å². The van der Waals surface area contributed by atoms with Crippen LogP contribution in [0.25, 0.3) is 11.0 Å². The van der Waals surface area contributed by atoms with Gasteiger partial charge in [0.1, 0.15) is 11.5 Å². The van der Waals surface area contributed by atoms with Gasteiger partial charge in [0.25, 0.3) is 5.69 Å². The van der Waals surface area contributed by atoms with E-state index in [0.717, 1.165) is 35.3 Å². The number of aromatic nitrogens is 2. The fourth-order valence-corrected chi connectivity index (χ4v) is 2.63. The fraction of sp³-hybridized carbons (Fsp3) is 0.235. The Morgan fingerprint density at radius 1 is 1.22 bits per heavy atom. The molecule has 0 amide bonds. The van der Waals surface area contributed by atoms with E-state index < -0.39 is 0 Å². The second-order valence-electron chi connectivity index (χ2n) is 5.46. The van der Waals surface area contributed by atoms with Gasteiger partial charge in [-0.05, 0) is 31.0 Å². The van der Waals surface area contributed by atoms with Crippen molar-refractivity contribution in [3.05, 3.63) is 64.0 Å². The Bertz CT molecular complexity index is 808. The number of para-hydroxylation sites is 3. The Morgan fingerprint density at radius 3 is 2.83 bits per heavy atom. The lowest BCUT2D eigenvalue weighted by atomic mass is 10.1. The van der Waals surface area contributed by atoms with Crippen LogP contribution in [0.5, 0.6) is 0 Å². The van der Waals surface area contributed by atoms with Crippen molar-refractivity contribution in [3.63, 3.8) is 0 Å². The van der Waals surface area contributed by atoms with E-state index in [-0.39, 0.29) is 10.6 Å². The molecule has 0 atom stereocenters. The maximum Gasteiger partial charge on any atom is 0.292 e. The molecule has 0 aliphatic carbocycles. The van der Waals surface area contributed by atoms with E-state index in [1.807, 2.05) is 37.3 Å². The number of hydrogen-bond donors (Lipinski definition) is 2. The number of benzene rings is 2. The van der Waals surface area contributed by atoms with Crippen LogP contribution < -0.4 is 5.32 Å². The van der Waals surface area contributed by atoms with Gasteiger partial charge in [-0.3, -0.25) is 10.1 Å². The minimum atomic E-state index is -0.353. The van der Waals surface area contributed by atoms with Crippen LogP contribution in [0.15, 0.2) is 42.5 Å². The number of hydrogen-bond acceptors (Lipinski definition) is 4. The molecule has 0 aliphatic heterocycles. The molecule has 3 rings (SSSR count). The van der Waals surface area contributed by atoms with Crippen molar-refractivity contribution >= 4 is 22.4 Å². The first-order valence-corrected chi connectivity index (χ1v) is 7.56. The van der Waals surface area contributed by atoms with Crippen LogP contribution in [0.1, 0.15) is 17.8 Å². The maximum absolute atomic E-state index is 11.1. The van der Waals surface area contributed by atoms with Crippen molar-refractivity contribution in [2.24, 2.45) is 0 Å². The molecule has 0 saturated carbocycles. The highest BCUT2D eigenvalue weighted by Gasteiger charge is 2.14. The SMILES string of the molecule is Cc1cccc([N+](=O)[O-])c1NCCCc1nc2ccccc2[nH]1. The zero-order valence-corrected chi connectivity index (χ0v) is 12.9. The number of imidazole rings is 1. The van der Waals surface area contributed by atoms with Gasteiger partial charge in [-0.1, -0.05) is 24.3 Å². The molecular weight excluding hydrogens is 292 g/mol. The van der Waals surface area contributed by atoms with Gasteiger partial charge in [-0.25, -0.2) is 4.98 Å². The quantitative estimate of drug-likeness (QED) is 0.412. The molecule has 0 spiro atoms. The smallest absolute Gasteiger partial charge is 0.292 e. The first-order chi connectivity index (χ1) is 11.1. The molecule has 0 bridgehead atoms. The average Bonchev–Trinajstić information content (AvgIpc) is 2.95. The summed E-state index contributed by atoms with van der Waals surface area (Å²) in [5.74, 6) is 0.937. The number of nitrogens with one attached hydrogen (secondary N) is 2. The van der Waals surface area contributed by atoms with Crippen LogP contribution in [-0.2, 0) is 6.42 Å². The number of nitro benzene ring substituents is 1. The van der Waals surface area contributed by atoms with E-state index in [1.165, 1.54) is 6.07 Å². The predicted octanol–water partition coefficient (Wildman–Crippen LogP) is 3.82. The van der Waals surface area contributed by atoms with E-state index in [4.69, 9.17) is 0 Å². The van der Waals surface area contributed by atoms with Gasteiger partial charge < -0.3 is 10.3 Å². The Morgan fingerprint density at radius 2 is 2.04 bits per heavy atom. The lowest BCUT2D eigenvalue weighted by Gasteiger charge is -2.09. The lowest BCUT2D eigenvalue weighted by Crippen LogP contribution is -2.07. The highest BCUT2D eigenvalue weighted by atomic mass is 16.6. The highest BCUT2D eigenvalue weighted by Crippen LogP contribution is 2.27. The second-order valence-corrected chi connectivity index (χ2v) is 5.46. The normalized spacial score (nSPS) is 10.8. The van der Waals surface area contributed by atoms with Crippen molar-refractivity contribution in [3.8, 4) is 0 Å². The maximum atomic E-state index is 11.1. The molecule has 6 nitrogen and oxygen atoms in total. The third-order valence-electron chi connectivity index (χ3n) is 3.78. The lowest BCUT2D eigenvalue weighted by molar-refractivity contribution is -0.384. The van der Waals surface area contributed by atoms with Crippen molar-refractivity contribution < 1.29 is 4.92 Å². The van der Waals surface area contributed by atoms with E-state index in [0.29, 0.717) is 12.2 Å². The van der Waals surface area contributed by atoms with E-state index in [1.54, 1.807) is 6.07 Å². The summed E-state index contributed by atoms with van der Waals surface area (Å²) in [6.07, 6.45) is 1.63. The summed E-state index contributed by atoms with van der Waals surface area (Å²) >= 11 is 0. The molecule has 6 heteroatoms. The van der Waals surface area contributed by atoms with Crippen LogP contribution in [0.4, 0.5) is 11.4 Å². The Labute approximate surface area is 133 Å². The number of H-pyrrole nitrogens is 1. The highest BCUT2D eigenvalue weighted by molar-refractivity contribution is 5.74. The standard InChI is InChI=1S/C17H18N4O2/c1-12-6-4-9-15(21(22)23)17(12)18-11-5-10-16-19-13-7-2-3-8-14(13)20-16/h2-4,6-9,18H,5,10-11H2,1H3,(H,19,20). The van der Waals surface area contributed by atoms with Gasteiger partial charge in [-0.2, -0.15) is 0 Å². The van der Waals surface area contributed by atoms with Crippen LogP contribution in [0.2, 0.25) is 0 Å². The van der Waals surface area contributed by atoms with E-state index >= 15 is 0 Å². The van der Waals surface area contributed by atoms with Crippen molar-refractivity contribution in [2.75, 3.05) is 11.9 Å². The third-order valence-corrected chi connectivity index (χ3v) is 3.78. The molecule has 118 valence electrons. The average molecular weight is 310 g/mol. The van der Waals surface area contributed by atoms with E-state index in [2.05, 4.69) is 15.3 Å². The molecule has 0 radical (unpaired) electrons. The Kier molecular flexibility index (Phi) is 4.23. The minimum Gasteiger partial charge on any atom is -0.379 e. The number of anilines is 1. The summed E-state index contributed by atoms with van der Waals surface area (Å²) in [6, 6.07) is 13.0. The molecular formula is C17H18N4O2. The third kappa shape index (κ3) is 3.31. The molecule has 2 N–H and O–H groups in total. The van der Waals surface area contributed by atoms with E-state index in [9.17, 15) is 10.1 Å². The molecule has 23 heavy (non-hydrogen) atoms. The second kappa shape index (κ2) is 6.48. The molecule has 1 heterocycles. The fourth-order valence-electron chi connectivity index (χ4n) is 2.63. The summed E-state index contributed by atoms with van der Waals surface area (Å²) in [4.78, 5) is 18.5. The number of rotatable bonds is 6. The first-order valence-electron chi connectivity index (χ1n) is 7.56. The topological polar surface area (TPSA) is 83.8 Å². The molecule has 0 fully saturated rings. The summed E-state index contributed by atoms with van der Waals surface area (Å²) in [5.41, 5.74) is 3.59. The zero-order valence-electron chi connectivity index (χ0n) is 12.9. The molecule has 1 aromatic heterocycles. The van der Waals surface area contributed by atoms with Gasteiger partial charge in [0.15, 0.2) is 0 Å². The van der Waals surface area contributed by atoms with Crippen molar-refractivity contribution in [2.45, 2.75) is 19.8 Å². The van der Waals surface area contributed by atoms with Gasteiger partial charge in [-0.15, -0.1) is 0 Å². The summed E-state index contributed by atoms with van der Waals surface area (Å²) in [6.45, 7) is 2.53. The molecule has 0 saturated heterocycles. The Balaban J connectivity index is 1.61. The number of nitrogens with zero attached hydrogens (tertiary/aromatic N) is 2. The molecule has 3 aromatic rings. The number of aromatic amines is 1. The van der Waals surface area contributed by atoms with Crippen molar-refractivity contribution in [1.29, 1.82) is 0 Å². The number of aryl methyl sites for hydroxylation is 2. The van der Waals surface area contributed by atoms with Gasteiger partial charge in [0, 0.05) is 19.0 Å².